The molecule has 1 N–H and O–H groups in total. The Labute approximate surface area is 129 Å². The van der Waals surface area contributed by atoms with Gasteiger partial charge in [-0.3, -0.25) is 15.0 Å². The van der Waals surface area contributed by atoms with Crippen LogP contribution in [0.15, 0.2) is 57.2 Å². The van der Waals surface area contributed by atoms with Crippen LogP contribution in [0.25, 0.3) is 10.8 Å². The number of fused-ring (bicyclic) bond motifs is 1. The van der Waals surface area contributed by atoms with E-state index in [4.69, 9.17) is 23.2 Å². The van der Waals surface area contributed by atoms with Crippen molar-refractivity contribution in [2.24, 2.45) is 5.10 Å². The summed E-state index contributed by atoms with van der Waals surface area (Å²) >= 11 is 11.8. The van der Waals surface area contributed by atoms with Crippen molar-refractivity contribution in [2.75, 3.05) is 5.43 Å². The second kappa shape index (κ2) is 5.31. The standard InChI is InChI=1S/C15H8Cl2N2O2/c16-8-5-6-9-10(7-8)15(21)13(14(9)20)19-18-12-4-2-1-3-11(12)17/h1-7,18H. The first kappa shape index (κ1) is 13.8. The molecule has 0 radical (unpaired) electrons. The first-order valence-electron chi connectivity index (χ1n) is 6.05. The highest BCUT2D eigenvalue weighted by Gasteiger charge is 2.11. The molecule has 0 spiro atoms. The molecule has 0 bridgehead atoms. The monoisotopic (exact) mass is 318 g/mol. The Morgan fingerprint density at radius 1 is 0.905 bits per heavy atom. The van der Waals surface area contributed by atoms with Gasteiger partial charge in [0.05, 0.1) is 10.7 Å². The normalized spacial score (nSPS) is 12.0. The molecule has 0 heterocycles. The van der Waals surface area contributed by atoms with E-state index in [-0.39, 0.29) is 10.7 Å². The number of hydrogen-bond acceptors (Lipinski definition) is 4. The van der Waals surface area contributed by atoms with Gasteiger partial charge in [0.1, 0.15) is 0 Å². The fourth-order valence-corrected chi connectivity index (χ4v) is 2.38. The molecule has 104 valence electrons. The third kappa shape index (κ3) is 2.44. The van der Waals surface area contributed by atoms with Crippen molar-refractivity contribution in [3.05, 3.63) is 78.3 Å². The lowest BCUT2D eigenvalue weighted by molar-refractivity contribution is 1.20. The minimum Gasteiger partial charge on any atom is -0.287 e. The molecular weight excluding hydrogens is 311 g/mol. The van der Waals surface area contributed by atoms with Crippen LogP contribution in [0.1, 0.15) is 0 Å². The van der Waals surface area contributed by atoms with Crippen LogP contribution >= 0.6 is 23.2 Å². The number of halogens is 2. The summed E-state index contributed by atoms with van der Waals surface area (Å²) in [6.45, 7) is 0. The molecule has 21 heavy (non-hydrogen) atoms. The maximum absolute atomic E-state index is 12.2. The lowest BCUT2D eigenvalue weighted by Gasteiger charge is -2.00. The zero-order valence-corrected chi connectivity index (χ0v) is 12.1. The number of benzene rings is 2. The van der Waals surface area contributed by atoms with Crippen molar-refractivity contribution in [3.63, 3.8) is 0 Å². The summed E-state index contributed by atoms with van der Waals surface area (Å²) in [6.07, 6.45) is 0. The van der Waals surface area contributed by atoms with Crippen molar-refractivity contribution >= 4 is 39.7 Å². The van der Waals surface area contributed by atoms with Gasteiger partial charge in [0.15, 0.2) is 5.36 Å². The predicted molar refractivity (Wildman–Crippen MR) is 84.5 cm³/mol. The Bertz CT molecular complexity index is 989. The van der Waals surface area contributed by atoms with Crippen molar-refractivity contribution in [1.82, 2.24) is 0 Å². The number of nitrogens with zero attached hydrogens (tertiary/aromatic N) is 1. The zero-order chi connectivity index (χ0) is 15.0. The second-order valence-electron chi connectivity index (χ2n) is 4.40. The van der Waals surface area contributed by atoms with Crippen LogP contribution in [0.4, 0.5) is 5.69 Å². The maximum atomic E-state index is 12.2. The van der Waals surface area contributed by atoms with E-state index in [0.717, 1.165) is 0 Å². The predicted octanol–water partition coefficient (Wildman–Crippen LogP) is 2.67. The maximum Gasteiger partial charge on any atom is 0.218 e. The summed E-state index contributed by atoms with van der Waals surface area (Å²) in [7, 11) is 0. The molecule has 0 unspecified atom stereocenters. The van der Waals surface area contributed by atoms with Crippen LogP contribution in [0.5, 0.6) is 0 Å². The van der Waals surface area contributed by atoms with Gasteiger partial charge < -0.3 is 0 Å². The largest absolute Gasteiger partial charge is 0.287 e. The Morgan fingerprint density at radius 3 is 2.38 bits per heavy atom. The first-order chi connectivity index (χ1) is 10.1. The van der Waals surface area contributed by atoms with Gasteiger partial charge in [-0.1, -0.05) is 35.3 Å². The molecule has 3 aromatic carbocycles. The van der Waals surface area contributed by atoms with Crippen LogP contribution in [-0.4, -0.2) is 0 Å². The molecule has 3 aromatic rings. The van der Waals surface area contributed by atoms with E-state index in [0.29, 0.717) is 21.1 Å². The van der Waals surface area contributed by atoms with Gasteiger partial charge in [0.2, 0.25) is 10.9 Å². The van der Waals surface area contributed by atoms with Gasteiger partial charge in [-0.15, -0.1) is 0 Å². The second-order valence-corrected chi connectivity index (χ2v) is 5.24. The molecule has 0 aliphatic heterocycles. The van der Waals surface area contributed by atoms with E-state index in [9.17, 15) is 9.59 Å². The van der Waals surface area contributed by atoms with Crippen molar-refractivity contribution < 1.29 is 0 Å². The Kier molecular flexibility index (Phi) is 3.49. The smallest absolute Gasteiger partial charge is 0.218 e. The number of anilines is 1. The molecule has 0 amide bonds. The molecular formula is C15H8Cl2N2O2. The molecule has 0 saturated carbocycles. The SMILES string of the molecule is O=c1c(=NNc2ccccc2Cl)c(=O)c2cc(Cl)ccc12. The van der Waals surface area contributed by atoms with Crippen molar-refractivity contribution in [1.29, 1.82) is 0 Å². The summed E-state index contributed by atoms with van der Waals surface area (Å²) in [5, 5.41) is 5.15. The number of hydrogen-bond donors (Lipinski definition) is 1. The lowest BCUT2D eigenvalue weighted by atomic mass is 10.2. The molecule has 0 atom stereocenters. The molecule has 0 saturated heterocycles. The van der Waals surface area contributed by atoms with E-state index < -0.39 is 10.9 Å². The summed E-state index contributed by atoms with van der Waals surface area (Å²) in [6, 6.07) is 11.5. The number of rotatable bonds is 2. The van der Waals surface area contributed by atoms with Gasteiger partial charge in [-0.05, 0) is 30.3 Å². The van der Waals surface area contributed by atoms with Gasteiger partial charge in [-0.25, -0.2) is 0 Å². The molecule has 0 fully saturated rings. The Hall–Kier alpha value is -2.17. The van der Waals surface area contributed by atoms with E-state index in [1.165, 1.54) is 12.1 Å². The third-order valence-corrected chi connectivity index (χ3v) is 3.63. The summed E-state index contributed by atoms with van der Waals surface area (Å²) < 4.78 is 0. The van der Waals surface area contributed by atoms with Gasteiger partial charge in [-0.2, -0.15) is 5.10 Å². The number of para-hydroxylation sites is 1. The van der Waals surface area contributed by atoms with Gasteiger partial charge >= 0.3 is 0 Å². The van der Waals surface area contributed by atoms with Crippen LogP contribution in [0, 0.1) is 0 Å². The van der Waals surface area contributed by atoms with Crippen LogP contribution in [-0.2, 0) is 0 Å². The minimum absolute atomic E-state index is 0.174. The first-order valence-corrected chi connectivity index (χ1v) is 6.80. The van der Waals surface area contributed by atoms with E-state index >= 15 is 0 Å². The summed E-state index contributed by atoms with van der Waals surface area (Å²) in [4.78, 5) is 24.3. The van der Waals surface area contributed by atoms with Crippen molar-refractivity contribution in [2.45, 2.75) is 0 Å². The van der Waals surface area contributed by atoms with Gasteiger partial charge in [0.25, 0.3) is 0 Å². The summed E-state index contributed by atoms with van der Waals surface area (Å²) in [5.41, 5.74) is 2.29. The molecule has 0 aliphatic carbocycles. The molecule has 6 heteroatoms. The highest BCUT2D eigenvalue weighted by molar-refractivity contribution is 6.33. The molecule has 4 nitrogen and oxygen atoms in total. The topological polar surface area (TPSA) is 58.5 Å². The zero-order valence-electron chi connectivity index (χ0n) is 10.6. The highest BCUT2D eigenvalue weighted by atomic mass is 35.5. The van der Waals surface area contributed by atoms with E-state index in [2.05, 4.69) is 10.5 Å². The highest BCUT2D eigenvalue weighted by Crippen LogP contribution is 2.20. The van der Waals surface area contributed by atoms with E-state index in [1.54, 1.807) is 30.3 Å². The van der Waals surface area contributed by atoms with Crippen molar-refractivity contribution in [3.8, 4) is 0 Å². The fourth-order valence-electron chi connectivity index (χ4n) is 2.03. The molecule has 3 rings (SSSR count). The average Bonchev–Trinajstić information content (AvgIpc) is 2.70. The molecule has 0 aromatic heterocycles. The van der Waals surface area contributed by atoms with Gasteiger partial charge in [0, 0.05) is 15.8 Å². The van der Waals surface area contributed by atoms with Crippen LogP contribution < -0.4 is 21.6 Å². The Morgan fingerprint density at radius 2 is 1.62 bits per heavy atom. The number of nitrogens with one attached hydrogen (secondary N) is 1. The third-order valence-electron chi connectivity index (χ3n) is 3.06. The lowest BCUT2D eigenvalue weighted by Crippen LogP contribution is -2.32. The minimum atomic E-state index is -0.447. The quantitative estimate of drug-likeness (QED) is 0.739. The average molecular weight is 319 g/mol. The Balaban J connectivity index is 2.17. The van der Waals surface area contributed by atoms with E-state index in [1.807, 2.05) is 0 Å². The van der Waals surface area contributed by atoms with Crippen LogP contribution in [0.3, 0.4) is 0 Å². The van der Waals surface area contributed by atoms with Crippen LogP contribution in [0.2, 0.25) is 10.0 Å². The fraction of sp³-hybridized carbons (Fsp3) is 0. The summed E-state index contributed by atoms with van der Waals surface area (Å²) in [5.74, 6) is 0. The molecule has 0 aliphatic rings.